The molecule has 1 amide bonds. The first-order chi connectivity index (χ1) is 13.9. The topological polar surface area (TPSA) is 75.6 Å². The number of carbonyl (C=O) groups is 1. The van der Waals surface area contributed by atoms with Crippen molar-refractivity contribution in [3.05, 3.63) is 65.0 Å². The van der Waals surface area contributed by atoms with E-state index in [1.165, 1.54) is 12.1 Å². The van der Waals surface area contributed by atoms with E-state index in [1.807, 2.05) is 16.9 Å². The number of halogens is 1. The summed E-state index contributed by atoms with van der Waals surface area (Å²) >= 11 is 0. The number of aromatic nitrogens is 4. The molecule has 0 bridgehead atoms. The number of nitrogens with zero attached hydrogens (tertiary/aromatic N) is 3. The minimum atomic E-state index is -0.273. The summed E-state index contributed by atoms with van der Waals surface area (Å²) in [5.41, 5.74) is 4.36. The second-order valence-corrected chi connectivity index (χ2v) is 8.99. The molecule has 1 unspecified atom stereocenters. The lowest BCUT2D eigenvalue weighted by atomic mass is 9.74. The van der Waals surface area contributed by atoms with Crippen molar-refractivity contribution in [3.8, 4) is 5.69 Å². The molecule has 0 aliphatic heterocycles. The Bertz CT molecular complexity index is 1060. The molecule has 1 atom stereocenters. The highest BCUT2D eigenvalue weighted by atomic mass is 19.1. The van der Waals surface area contributed by atoms with Crippen LogP contribution in [0.2, 0.25) is 0 Å². The van der Waals surface area contributed by atoms with Gasteiger partial charge in [0.05, 0.1) is 23.6 Å². The second kappa shape index (κ2) is 6.54. The van der Waals surface area contributed by atoms with Crippen LogP contribution in [0.5, 0.6) is 0 Å². The summed E-state index contributed by atoms with van der Waals surface area (Å²) in [7, 11) is 0. The molecule has 0 spiro atoms. The molecule has 7 heteroatoms. The summed E-state index contributed by atoms with van der Waals surface area (Å²) in [5, 5.41) is 14.9. The molecule has 0 radical (unpaired) electrons. The van der Waals surface area contributed by atoms with Gasteiger partial charge in [0.15, 0.2) is 0 Å². The average Bonchev–Trinajstić information content (AvgIpc) is 3.25. The van der Waals surface area contributed by atoms with Gasteiger partial charge in [-0.3, -0.25) is 9.89 Å². The van der Waals surface area contributed by atoms with E-state index in [0.29, 0.717) is 11.6 Å². The van der Waals surface area contributed by atoms with E-state index in [1.54, 1.807) is 12.1 Å². The van der Waals surface area contributed by atoms with Crippen molar-refractivity contribution in [3.63, 3.8) is 0 Å². The summed E-state index contributed by atoms with van der Waals surface area (Å²) < 4.78 is 15.2. The molecule has 3 aromatic rings. The number of aromatic amines is 1. The molecular weight excluding hydrogens is 369 g/mol. The predicted molar refractivity (Wildman–Crippen MR) is 106 cm³/mol. The molecule has 2 N–H and O–H groups in total. The van der Waals surface area contributed by atoms with Gasteiger partial charge in [0.25, 0.3) is 5.91 Å². The highest BCUT2D eigenvalue weighted by Crippen LogP contribution is 2.42. The van der Waals surface area contributed by atoms with Crippen LogP contribution in [-0.4, -0.2) is 25.9 Å². The average molecular weight is 393 g/mol. The van der Waals surface area contributed by atoms with Crippen LogP contribution in [0.4, 0.5) is 4.39 Å². The molecule has 6 nitrogen and oxygen atoms in total. The van der Waals surface area contributed by atoms with Gasteiger partial charge in [-0.25, -0.2) is 9.07 Å². The van der Waals surface area contributed by atoms with Crippen LogP contribution in [0.25, 0.3) is 5.69 Å². The third-order valence-corrected chi connectivity index (χ3v) is 5.90. The zero-order chi connectivity index (χ0) is 20.2. The summed E-state index contributed by atoms with van der Waals surface area (Å²) in [6, 6.07) is 8.04. The number of hydrogen-bond donors (Lipinski definition) is 2. The molecule has 2 aromatic heterocycles. The number of hydrogen-bond acceptors (Lipinski definition) is 3. The molecule has 1 saturated carbocycles. The second-order valence-electron chi connectivity index (χ2n) is 8.99. The first-order valence-corrected chi connectivity index (χ1v) is 10.1. The Morgan fingerprint density at radius 2 is 2.03 bits per heavy atom. The molecule has 29 heavy (non-hydrogen) atoms. The third kappa shape index (κ3) is 3.45. The first kappa shape index (κ1) is 18.1. The number of amides is 1. The molecule has 2 aliphatic rings. The van der Waals surface area contributed by atoms with Crippen LogP contribution in [0, 0.1) is 11.2 Å². The van der Waals surface area contributed by atoms with E-state index in [2.05, 4.69) is 34.5 Å². The zero-order valence-electron chi connectivity index (χ0n) is 16.6. The molecule has 5 rings (SSSR count). The quantitative estimate of drug-likeness (QED) is 0.702. The summed E-state index contributed by atoms with van der Waals surface area (Å²) in [6.45, 7) is 4.38. The van der Waals surface area contributed by atoms with Crippen molar-refractivity contribution in [1.29, 1.82) is 0 Å². The molecule has 2 heterocycles. The smallest absolute Gasteiger partial charge is 0.272 e. The summed E-state index contributed by atoms with van der Waals surface area (Å²) in [5.74, 6) is 0.0827. The van der Waals surface area contributed by atoms with Crippen molar-refractivity contribution >= 4 is 5.91 Å². The molecule has 1 aromatic carbocycles. The van der Waals surface area contributed by atoms with Gasteiger partial charge in [0, 0.05) is 17.2 Å². The van der Waals surface area contributed by atoms with Gasteiger partial charge in [-0.15, -0.1) is 0 Å². The predicted octanol–water partition coefficient (Wildman–Crippen LogP) is 4.06. The number of fused-ring (bicyclic) bond motifs is 1. The van der Waals surface area contributed by atoms with E-state index < -0.39 is 0 Å². The van der Waals surface area contributed by atoms with Gasteiger partial charge in [-0.1, -0.05) is 13.8 Å². The maximum absolute atomic E-state index is 13.3. The fourth-order valence-electron chi connectivity index (χ4n) is 4.26. The Hall–Kier alpha value is -2.96. The molecular formula is C22H24FN5O. The van der Waals surface area contributed by atoms with Crippen LogP contribution in [0.15, 0.2) is 36.5 Å². The first-order valence-electron chi connectivity index (χ1n) is 10.1. The van der Waals surface area contributed by atoms with E-state index in [-0.39, 0.29) is 23.2 Å². The molecule has 0 saturated heterocycles. The number of carbonyl (C=O) groups excluding carboxylic acids is 1. The van der Waals surface area contributed by atoms with Gasteiger partial charge >= 0.3 is 0 Å². The van der Waals surface area contributed by atoms with Gasteiger partial charge in [0.2, 0.25) is 0 Å². The Kier molecular flexibility index (Phi) is 4.08. The molecule has 2 aliphatic carbocycles. The highest BCUT2D eigenvalue weighted by Gasteiger charge is 2.36. The number of H-pyrrole nitrogens is 1. The fraction of sp³-hybridized carbons (Fsp3) is 0.409. The lowest BCUT2D eigenvalue weighted by Gasteiger charge is -2.35. The van der Waals surface area contributed by atoms with Crippen LogP contribution < -0.4 is 5.32 Å². The van der Waals surface area contributed by atoms with E-state index >= 15 is 0 Å². The third-order valence-electron chi connectivity index (χ3n) is 5.90. The van der Waals surface area contributed by atoms with Gasteiger partial charge in [-0.2, -0.15) is 10.2 Å². The SMILES string of the molecule is CC1(C)Cc2c(cnn2-c2ccc(F)cc2)C(NC(=O)c2cc(C3CC3)[nH]n2)C1. The zero-order valence-corrected chi connectivity index (χ0v) is 16.6. The van der Waals surface area contributed by atoms with Crippen LogP contribution in [0.3, 0.4) is 0 Å². The van der Waals surface area contributed by atoms with Gasteiger partial charge in [-0.05, 0) is 61.4 Å². The van der Waals surface area contributed by atoms with Crippen molar-refractivity contribution in [2.75, 3.05) is 0 Å². The summed E-state index contributed by atoms with van der Waals surface area (Å²) in [4.78, 5) is 12.8. The molecule has 1 fully saturated rings. The minimum Gasteiger partial charge on any atom is -0.344 e. The van der Waals surface area contributed by atoms with E-state index in [4.69, 9.17) is 0 Å². The van der Waals surface area contributed by atoms with Crippen LogP contribution >= 0.6 is 0 Å². The Labute approximate surface area is 168 Å². The van der Waals surface area contributed by atoms with Crippen molar-refractivity contribution < 1.29 is 9.18 Å². The Morgan fingerprint density at radius 1 is 1.28 bits per heavy atom. The van der Waals surface area contributed by atoms with Crippen LogP contribution in [-0.2, 0) is 6.42 Å². The minimum absolute atomic E-state index is 0.00644. The van der Waals surface area contributed by atoms with Crippen molar-refractivity contribution in [2.24, 2.45) is 5.41 Å². The van der Waals surface area contributed by atoms with E-state index in [0.717, 1.165) is 48.3 Å². The van der Waals surface area contributed by atoms with Gasteiger partial charge < -0.3 is 5.32 Å². The number of rotatable bonds is 4. The van der Waals surface area contributed by atoms with Crippen molar-refractivity contribution in [1.82, 2.24) is 25.3 Å². The van der Waals surface area contributed by atoms with Crippen LogP contribution in [0.1, 0.15) is 72.5 Å². The Balaban J connectivity index is 1.44. The van der Waals surface area contributed by atoms with Crippen molar-refractivity contribution in [2.45, 2.75) is 51.5 Å². The fourth-order valence-corrected chi connectivity index (χ4v) is 4.26. The lowest BCUT2D eigenvalue weighted by Crippen LogP contribution is -2.37. The van der Waals surface area contributed by atoms with E-state index in [9.17, 15) is 9.18 Å². The summed E-state index contributed by atoms with van der Waals surface area (Å²) in [6.07, 6.45) is 5.79. The largest absolute Gasteiger partial charge is 0.344 e. The Morgan fingerprint density at radius 3 is 2.76 bits per heavy atom. The number of benzene rings is 1. The highest BCUT2D eigenvalue weighted by molar-refractivity contribution is 5.92. The normalized spacial score (nSPS) is 20.3. The maximum atomic E-state index is 13.3. The monoisotopic (exact) mass is 393 g/mol. The molecule has 150 valence electrons. The lowest BCUT2D eigenvalue weighted by molar-refractivity contribution is 0.0914. The van der Waals surface area contributed by atoms with Gasteiger partial charge in [0.1, 0.15) is 11.5 Å². The maximum Gasteiger partial charge on any atom is 0.272 e. The standard InChI is InChI=1S/C22H24FN5O/c1-22(2)10-19(25-21(29)18-9-17(26-27-18)13-3-4-13)16-12-24-28(20(16)11-22)15-7-5-14(23)6-8-15/h5-9,12-13,19H,3-4,10-11H2,1-2H3,(H,25,29)(H,26,27). The number of nitrogens with one attached hydrogen (secondary N) is 2.